The van der Waals surface area contributed by atoms with Gasteiger partial charge in [-0.15, -0.1) is 0 Å². The number of rotatable bonds is 0. The van der Waals surface area contributed by atoms with Crippen LogP contribution < -0.4 is 5.73 Å². The second-order valence-electron chi connectivity index (χ2n) is 1.70. The molecule has 0 radical (unpaired) electrons. The van der Waals surface area contributed by atoms with Gasteiger partial charge >= 0.3 is 0 Å². The zero-order valence-corrected chi connectivity index (χ0v) is 5.85. The number of nitrogens with zero attached hydrogens (tertiary/aromatic N) is 2. The lowest BCUT2D eigenvalue weighted by Crippen LogP contribution is -2.03. The third-order valence-corrected chi connectivity index (χ3v) is 1.51. The molecule has 9 heavy (non-hydrogen) atoms. The van der Waals surface area contributed by atoms with Gasteiger partial charge in [0.25, 0.3) is 0 Å². The minimum atomic E-state index is 0.447. The van der Waals surface area contributed by atoms with Gasteiger partial charge in [0, 0.05) is 13.2 Å². The molecule has 0 aliphatic heterocycles. The average molecular weight is 141 g/mol. The summed E-state index contributed by atoms with van der Waals surface area (Å²) in [7, 11) is 1.78. The second-order valence-corrected chi connectivity index (χ2v) is 2.12. The molecule has 0 atom stereocenters. The third kappa shape index (κ3) is 1.08. The van der Waals surface area contributed by atoms with E-state index in [1.54, 1.807) is 23.9 Å². The highest BCUT2D eigenvalue weighted by Gasteiger charge is 1.87. The molecule has 0 spiro atoms. The maximum Gasteiger partial charge on any atom is 0.200 e. The topological polar surface area (TPSA) is 43.8 Å². The molecule has 1 aromatic rings. The molecule has 0 aliphatic rings. The van der Waals surface area contributed by atoms with Gasteiger partial charge in [-0.25, -0.2) is 4.98 Å². The van der Waals surface area contributed by atoms with Gasteiger partial charge in [-0.3, -0.25) is 0 Å². The van der Waals surface area contributed by atoms with E-state index in [0.717, 1.165) is 0 Å². The Morgan fingerprint density at radius 3 is 2.89 bits per heavy atom. The van der Waals surface area contributed by atoms with Crippen LogP contribution in [0.25, 0.3) is 0 Å². The van der Waals surface area contributed by atoms with Crippen molar-refractivity contribution in [3.63, 3.8) is 0 Å². The molecule has 0 amide bonds. The monoisotopic (exact) mass is 141 g/mol. The molecule has 1 aromatic heterocycles. The van der Waals surface area contributed by atoms with Crippen molar-refractivity contribution in [1.82, 2.24) is 9.55 Å². The number of nitrogens with two attached hydrogens (primary N) is 1. The maximum atomic E-state index is 5.41. The molecule has 0 aromatic carbocycles. The van der Waals surface area contributed by atoms with E-state index in [0.29, 0.717) is 10.6 Å². The molecule has 4 heteroatoms. The molecule has 48 valence electrons. The molecule has 0 saturated carbocycles. The van der Waals surface area contributed by atoms with Crippen LogP contribution in [0, 0.1) is 4.64 Å². The van der Waals surface area contributed by atoms with Crippen LogP contribution >= 0.6 is 12.2 Å². The lowest BCUT2D eigenvalue weighted by molar-refractivity contribution is 0.868. The van der Waals surface area contributed by atoms with Crippen LogP contribution in [0.5, 0.6) is 0 Å². The summed E-state index contributed by atoms with van der Waals surface area (Å²) in [6.07, 6.45) is 1.59. The van der Waals surface area contributed by atoms with Crippen molar-refractivity contribution in [3.05, 3.63) is 16.9 Å². The summed E-state index contributed by atoms with van der Waals surface area (Å²) in [6, 6.07) is 1.73. The molecule has 0 unspecified atom stereocenters. The van der Waals surface area contributed by atoms with Crippen LogP contribution in [-0.2, 0) is 7.05 Å². The van der Waals surface area contributed by atoms with E-state index < -0.39 is 0 Å². The quantitative estimate of drug-likeness (QED) is 0.542. The Labute approximate surface area is 58.1 Å². The molecule has 0 saturated heterocycles. The van der Waals surface area contributed by atoms with Crippen molar-refractivity contribution in [3.8, 4) is 0 Å². The predicted molar refractivity (Wildman–Crippen MR) is 38.5 cm³/mol. The number of aromatic nitrogens is 2. The highest BCUT2D eigenvalue weighted by Crippen LogP contribution is 1.94. The van der Waals surface area contributed by atoms with Crippen molar-refractivity contribution in [1.29, 1.82) is 0 Å². The second kappa shape index (κ2) is 2.14. The van der Waals surface area contributed by atoms with Gasteiger partial charge in [0.15, 0.2) is 0 Å². The van der Waals surface area contributed by atoms with Crippen LogP contribution in [0.4, 0.5) is 5.95 Å². The van der Waals surface area contributed by atoms with Gasteiger partial charge in [-0.05, 0) is 6.07 Å². The highest BCUT2D eigenvalue weighted by atomic mass is 32.1. The van der Waals surface area contributed by atoms with Crippen molar-refractivity contribution < 1.29 is 0 Å². The number of anilines is 1. The van der Waals surface area contributed by atoms with Crippen LogP contribution in [0.3, 0.4) is 0 Å². The number of nitrogen functional groups attached to an aromatic ring is 1. The summed E-state index contributed by atoms with van der Waals surface area (Å²) in [5, 5.41) is 0. The molecule has 1 heterocycles. The fourth-order valence-electron chi connectivity index (χ4n) is 0.489. The van der Waals surface area contributed by atoms with Gasteiger partial charge in [0.05, 0.1) is 0 Å². The molecule has 3 nitrogen and oxygen atoms in total. The SMILES string of the molecule is Cn1c(N)nccc1=S. The first kappa shape index (κ1) is 6.22. The van der Waals surface area contributed by atoms with Gasteiger partial charge in [0.1, 0.15) is 4.64 Å². The maximum absolute atomic E-state index is 5.41. The van der Waals surface area contributed by atoms with Crippen LogP contribution in [0.2, 0.25) is 0 Å². The molecule has 2 N–H and O–H groups in total. The van der Waals surface area contributed by atoms with E-state index in [-0.39, 0.29) is 0 Å². The Morgan fingerprint density at radius 1 is 1.78 bits per heavy atom. The summed E-state index contributed by atoms with van der Waals surface area (Å²) in [6.45, 7) is 0. The molecular formula is C5H7N3S. The van der Waals surface area contributed by atoms with Crippen molar-refractivity contribution >= 4 is 18.2 Å². The Hall–Kier alpha value is -0.900. The Morgan fingerprint density at radius 2 is 2.44 bits per heavy atom. The molecular weight excluding hydrogens is 134 g/mol. The number of hydrogen-bond acceptors (Lipinski definition) is 3. The first-order valence-electron chi connectivity index (χ1n) is 2.49. The lowest BCUT2D eigenvalue weighted by atomic mass is 10.6. The van der Waals surface area contributed by atoms with E-state index in [1.807, 2.05) is 0 Å². The summed E-state index contributed by atoms with van der Waals surface area (Å²) in [5.41, 5.74) is 5.41. The van der Waals surface area contributed by atoms with Crippen molar-refractivity contribution in [2.45, 2.75) is 0 Å². The fraction of sp³-hybridized carbons (Fsp3) is 0.200. The summed E-state index contributed by atoms with van der Waals surface area (Å²) < 4.78 is 2.34. The van der Waals surface area contributed by atoms with E-state index in [1.165, 1.54) is 0 Å². The van der Waals surface area contributed by atoms with E-state index in [4.69, 9.17) is 18.0 Å². The largest absolute Gasteiger partial charge is 0.369 e. The zero-order chi connectivity index (χ0) is 6.85. The minimum absolute atomic E-state index is 0.447. The summed E-state index contributed by atoms with van der Waals surface area (Å²) in [4.78, 5) is 3.81. The van der Waals surface area contributed by atoms with E-state index in [2.05, 4.69) is 4.98 Å². The minimum Gasteiger partial charge on any atom is -0.369 e. The first-order chi connectivity index (χ1) is 4.22. The smallest absolute Gasteiger partial charge is 0.200 e. The summed E-state index contributed by atoms with van der Waals surface area (Å²) in [5.74, 6) is 0.447. The van der Waals surface area contributed by atoms with Gasteiger partial charge in [0.2, 0.25) is 5.95 Å². The van der Waals surface area contributed by atoms with Gasteiger partial charge in [-0.1, -0.05) is 12.2 Å². The lowest BCUT2D eigenvalue weighted by Gasteiger charge is -1.99. The van der Waals surface area contributed by atoms with Crippen LogP contribution in [0.15, 0.2) is 12.3 Å². The molecule has 0 aliphatic carbocycles. The molecule has 0 bridgehead atoms. The van der Waals surface area contributed by atoms with Gasteiger partial charge in [-0.2, -0.15) is 0 Å². The molecule has 1 rings (SSSR count). The van der Waals surface area contributed by atoms with Gasteiger partial charge < -0.3 is 10.3 Å². The molecule has 0 fully saturated rings. The number of hydrogen-bond donors (Lipinski definition) is 1. The van der Waals surface area contributed by atoms with E-state index in [9.17, 15) is 0 Å². The Balaban J connectivity index is 3.43. The Kier molecular flexibility index (Phi) is 1.48. The van der Waals surface area contributed by atoms with Crippen LogP contribution in [0.1, 0.15) is 0 Å². The predicted octanol–water partition coefficient (Wildman–Crippen LogP) is 0.732. The Bertz CT molecular complexity index is 265. The third-order valence-electron chi connectivity index (χ3n) is 1.10. The van der Waals surface area contributed by atoms with Crippen molar-refractivity contribution in [2.24, 2.45) is 7.05 Å². The zero-order valence-electron chi connectivity index (χ0n) is 5.03. The normalized spacial score (nSPS) is 9.44. The standard InChI is InChI=1S/C5H7N3S/c1-8-4(9)2-3-7-5(8)6/h2-3H,1H3,(H2,6,7). The van der Waals surface area contributed by atoms with Crippen molar-refractivity contribution in [2.75, 3.05) is 5.73 Å². The summed E-state index contributed by atoms with van der Waals surface area (Å²) >= 11 is 4.88. The fourth-order valence-corrected chi connectivity index (χ4v) is 0.643. The van der Waals surface area contributed by atoms with Crippen LogP contribution in [-0.4, -0.2) is 9.55 Å². The first-order valence-corrected chi connectivity index (χ1v) is 2.90. The average Bonchev–Trinajstić information content (AvgIpc) is 1.83. The highest BCUT2D eigenvalue weighted by molar-refractivity contribution is 7.71. The van der Waals surface area contributed by atoms with E-state index >= 15 is 0 Å².